The lowest BCUT2D eigenvalue weighted by molar-refractivity contribution is 0.0117. The Labute approximate surface area is 138 Å². The van der Waals surface area contributed by atoms with Crippen molar-refractivity contribution in [3.63, 3.8) is 0 Å². The molecule has 2 N–H and O–H groups in total. The van der Waals surface area contributed by atoms with E-state index >= 15 is 0 Å². The lowest BCUT2D eigenvalue weighted by Gasteiger charge is -2.23. The predicted molar refractivity (Wildman–Crippen MR) is 91.0 cm³/mol. The van der Waals surface area contributed by atoms with Crippen LogP contribution in [0.15, 0.2) is 18.2 Å². The molecule has 0 radical (unpaired) electrons. The van der Waals surface area contributed by atoms with Gasteiger partial charge >= 0.3 is 0 Å². The zero-order chi connectivity index (χ0) is 14.5. The number of nitrogens with one attached hydrogen (secondary N) is 2. The molecule has 1 aromatic carbocycles. The third-order valence-corrected chi connectivity index (χ3v) is 4.37. The van der Waals surface area contributed by atoms with Crippen LogP contribution in [0.3, 0.4) is 0 Å². The van der Waals surface area contributed by atoms with Crippen molar-refractivity contribution in [2.24, 2.45) is 0 Å². The molecule has 2 aliphatic heterocycles. The summed E-state index contributed by atoms with van der Waals surface area (Å²) in [5, 5.41) is 6.42. The van der Waals surface area contributed by atoms with Gasteiger partial charge in [0, 0.05) is 30.9 Å². The van der Waals surface area contributed by atoms with E-state index < -0.39 is 0 Å². The molecule has 1 fully saturated rings. The van der Waals surface area contributed by atoms with E-state index in [9.17, 15) is 4.79 Å². The van der Waals surface area contributed by atoms with Crippen LogP contribution in [0.1, 0.15) is 48.0 Å². The maximum absolute atomic E-state index is 12.4. The van der Waals surface area contributed by atoms with Crippen LogP contribution in [0, 0.1) is 0 Å². The Morgan fingerprint density at radius 2 is 2.23 bits per heavy atom. The number of amides is 1. The molecule has 0 bridgehead atoms. The van der Waals surface area contributed by atoms with Crippen molar-refractivity contribution in [3.8, 4) is 0 Å². The average Bonchev–Trinajstić information content (AvgIpc) is 2.55. The van der Waals surface area contributed by atoms with Gasteiger partial charge < -0.3 is 15.4 Å². The molecule has 0 spiro atoms. The maximum atomic E-state index is 12.4. The first-order valence-electron chi connectivity index (χ1n) is 8.10. The minimum atomic E-state index is 0. The zero-order valence-corrected chi connectivity index (χ0v) is 13.7. The molecular formula is C17H25ClN2O2. The van der Waals surface area contributed by atoms with E-state index in [0.717, 1.165) is 55.6 Å². The number of fused-ring (bicyclic) bond motifs is 1. The van der Waals surface area contributed by atoms with Gasteiger partial charge in [0.25, 0.3) is 5.91 Å². The van der Waals surface area contributed by atoms with Gasteiger partial charge in [-0.15, -0.1) is 12.4 Å². The maximum Gasteiger partial charge on any atom is 0.251 e. The minimum absolute atomic E-state index is 0. The normalized spacial score (nSPS) is 20.3. The van der Waals surface area contributed by atoms with Gasteiger partial charge in [0.05, 0.1) is 6.10 Å². The SMILES string of the molecule is Cl.O=C(NCCC1CCCCO1)c1cccc2c1CCCN2. The van der Waals surface area contributed by atoms with E-state index in [-0.39, 0.29) is 18.3 Å². The van der Waals surface area contributed by atoms with Gasteiger partial charge in [0.15, 0.2) is 0 Å². The van der Waals surface area contributed by atoms with Crippen molar-refractivity contribution < 1.29 is 9.53 Å². The molecular weight excluding hydrogens is 300 g/mol. The molecule has 1 amide bonds. The Balaban J connectivity index is 0.00000176. The second-order valence-electron chi connectivity index (χ2n) is 5.90. The lowest BCUT2D eigenvalue weighted by atomic mass is 9.97. The molecule has 3 rings (SSSR count). The van der Waals surface area contributed by atoms with Crippen LogP contribution in [0.5, 0.6) is 0 Å². The highest BCUT2D eigenvalue weighted by molar-refractivity contribution is 5.97. The van der Waals surface area contributed by atoms with Crippen LogP contribution in [0.25, 0.3) is 0 Å². The summed E-state index contributed by atoms with van der Waals surface area (Å²) in [7, 11) is 0. The van der Waals surface area contributed by atoms with Gasteiger partial charge in [-0.05, 0) is 56.2 Å². The van der Waals surface area contributed by atoms with Gasteiger partial charge in [-0.25, -0.2) is 0 Å². The molecule has 122 valence electrons. The van der Waals surface area contributed by atoms with Crippen LogP contribution < -0.4 is 10.6 Å². The Morgan fingerprint density at radius 3 is 3.05 bits per heavy atom. The topological polar surface area (TPSA) is 50.4 Å². The Morgan fingerprint density at radius 1 is 1.32 bits per heavy atom. The van der Waals surface area contributed by atoms with Crippen LogP contribution in [0.2, 0.25) is 0 Å². The molecule has 4 nitrogen and oxygen atoms in total. The van der Waals surface area contributed by atoms with Crippen LogP contribution in [0.4, 0.5) is 5.69 Å². The number of carbonyl (C=O) groups is 1. The summed E-state index contributed by atoms with van der Waals surface area (Å²) in [6.07, 6.45) is 6.86. The lowest BCUT2D eigenvalue weighted by Crippen LogP contribution is -2.30. The molecule has 5 heteroatoms. The number of anilines is 1. The third-order valence-electron chi connectivity index (χ3n) is 4.37. The van der Waals surface area contributed by atoms with Crippen molar-refractivity contribution in [1.82, 2.24) is 5.32 Å². The Kier molecular flexibility index (Phi) is 6.52. The van der Waals surface area contributed by atoms with Gasteiger partial charge in [-0.3, -0.25) is 4.79 Å². The second kappa shape index (κ2) is 8.39. The first kappa shape index (κ1) is 17.1. The number of carbonyl (C=O) groups excluding carboxylic acids is 1. The molecule has 1 saturated heterocycles. The molecule has 0 saturated carbocycles. The largest absolute Gasteiger partial charge is 0.385 e. The molecule has 2 aliphatic rings. The van der Waals surface area contributed by atoms with Crippen LogP contribution in [-0.2, 0) is 11.2 Å². The third kappa shape index (κ3) is 4.14. The quantitative estimate of drug-likeness (QED) is 0.894. The van der Waals surface area contributed by atoms with Crippen molar-refractivity contribution in [2.45, 2.75) is 44.6 Å². The summed E-state index contributed by atoms with van der Waals surface area (Å²) < 4.78 is 5.69. The van der Waals surface area contributed by atoms with Gasteiger partial charge in [0.1, 0.15) is 0 Å². The fraction of sp³-hybridized carbons (Fsp3) is 0.588. The predicted octanol–water partition coefficient (Wildman–Crippen LogP) is 3.16. The van der Waals surface area contributed by atoms with Gasteiger partial charge in [-0.2, -0.15) is 0 Å². The molecule has 0 aliphatic carbocycles. The van der Waals surface area contributed by atoms with E-state index in [4.69, 9.17) is 4.74 Å². The standard InChI is InChI=1S/C17H24N2O2.ClH/c20-17(19-11-9-13-5-1-2-12-21-13)15-6-3-8-16-14(15)7-4-10-18-16;/h3,6,8,13,18H,1-2,4-5,7,9-12H2,(H,19,20);1H. The summed E-state index contributed by atoms with van der Waals surface area (Å²) in [5.41, 5.74) is 3.10. The number of hydrogen-bond acceptors (Lipinski definition) is 3. The summed E-state index contributed by atoms with van der Waals surface area (Å²) in [6, 6.07) is 5.94. The van der Waals surface area contributed by atoms with E-state index in [1.807, 2.05) is 12.1 Å². The minimum Gasteiger partial charge on any atom is -0.385 e. The number of rotatable bonds is 4. The first-order valence-corrected chi connectivity index (χ1v) is 8.10. The highest BCUT2D eigenvalue weighted by Gasteiger charge is 2.18. The number of benzene rings is 1. The summed E-state index contributed by atoms with van der Waals surface area (Å²) in [6.45, 7) is 2.56. The fourth-order valence-electron chi connectivity index (χ4n) is 3.20. The average molecular weight is 325 g/mol. The summed E-state index contributed by atoms with van der Waals surface area (Å²) >= 11 is 0. The molecule has 1 unspecified atom stereocenters. The van der Waals surface area contributed by atoms with Crippen LogP contribution in [-0.4, -0.2) is 31.7 Å². The summed E-state index contributed by atoms with van der Waals surface area (Å²) in [5.74, 6) is 0.0476. The molecule has 0 aromatic heterocycles. The molecule has 1 aromatic rings. The van der Waals surface area contributed by atoms with Crippen molar-refractivity contribution in [1.29, 1.82) is 0 Å². The molecule has 22 heavy (non-hydrogen) atoms. The second-order valence-corrected chi connectivity index (χ2v) is 5.90. The Bertz CT molecular complexity index is 501. The Hall–Kier alpha value is -1.26. The monoisotopic (exact) mass is 324 g/mol. The van der Waals surface area contributed by atoms with Crippen molar-refractivity contribution in [3.05, 3.63) is 29.3 Å². The van der Waals surface area contributed by atoms with Gasteiger partial charge in [0.2, 0.25) is 0 Å². The first-order chi connectivity index (χ1) is 10.3. The molecule has 2 heterocycles. The van der Waals surface area contributed by atoms with Crippen LogP contribution >= 0.6 is 12.4 Å². The highest BCUT2D eigenvalue weighted by Crippen LogP contribution is 2.25. The zero-order valence-electron chi connectivity index (χ0n) is 12.9. The number of hydrogen-bond donors (Lipinski definition) is 2. The van der Waals surface area contributed by atoms with Gasteiger partial charge in [-0.1, -0.05) is 6.07 Å². The van der Waals surface area contributed by atoms with Crippen molar-refractivity contribution in [2.75, 3.05) is 25.0 Å². The number of ether oxygens (including phenoxy) is 1. The summed E-state index contributed by atoms with van der Waals surface area (Å²) in [4.78, 5) is 12.4. The van der Waals surface area contributed by atoms with E-state index in [1.54, 1.807) is 0 Å². The van der Waals surface area contributed by atoms with Crippen molar-refractivity contribution >= 4 is 24.0 Å². The van der Waals surface area contributed by atoms with E-state index in [0.29, 0.717) is 12.6 Å². The smallest absolute Gasteiger partial charge is 0.251 e. The highest BCUT2D eigenvalue weighted by atomic mass is 35.5. The van der Waals surface area contributed by atoms with E-state index in [2.05, 4.69) is 16.7 Å². The fourth-order valence-corrected chi connectivity index (χ4v) is 3.20. The number of halogens is 1. The molecule has 1 atom stereocenters. The van der Waals surface area contributed by atoms with E-state index in [1.165, 1.54) is 12.8 Å².